The first kappa shape index (κ1) is 21.6. The summed E-state index contributed by atoms with van der Waals surface area (Å²) in [4.78, 5) is 14.3. The fraction of sp³-hybridized carbons (Fsp3) is 0.348. The molecule has 0 atom stereocenters. The second kappa shape index (κ2) is 8.60. The van der Waals surface area contributed by atoms with Crippen molar-refractivity contribution in [1.82, 2.24) is 14.6 Å². The van der Waals surface area contributed by atoms with E-state index in [4.69, 9.17) is 9.37 Å². The van der Waals surface area contributed by atoms with Gasteiger partial charge in [0.25, 0.3) is 10.0 Å². The largest absolute Gasteiger partial charge is 0.444 e. The van der Waals surface area contributed by atoms with Crippen molar-refractivity contribution in [2.45, 2.75) is 43.9 Å². The highest BCUT2D eigenvalue weighted by atomic mass is 32.2. The Balaban J connectivity index is 1.33. The topological polar surface area (TPSA) is 106 Å². The molecule has 172 valence electrons. The summed E-state index contributed by atoms with van der Waals surface area (Å²) in [5.74, 6) is 0. The van der Waals surface area contributed by atoms with Crippen molar-refractivity contribution in [1.29, 1.82) is 0 Å². The molecule has 9 nitrogen and oxygen atoms in total. The molecule has 2 aromatic carbocycles. The van der Waals surface area contributed by atoms with Crippen LogP contribution in [0.5, 0.6) is 0 Å². The van der Waals surface area contributed by atoms with Crippen molar-refractivity contribution >= 4 is 21.8 Å². The van der Waals surface area contributed by atoms with Crippen LogP contribution >= 0.6 is 0 Å². The maximum absolute atomic E-state index is 13.3. The molecule has 2 aliphatic heterocycles. The van der Waals surface area contributed by atoms with Crippen LogP contribution in [-0.4, -0.2) is 48.3 Å². The van der Waals surface area contributed by atoms with Gasteiger partial charge in [-0.05, 0) is 36.0 Å². The summed E-state index contributed by atoms with van der Waals surface area (Å²) in [5, 5.41) is 7.42. The third kappa shape index (κ3) is 4.00. The van der Waals surface area contributed by atoms with Crippen molar-refractivity contribution in [3.8, 4) is 0 Å². The maximum Gasteiger partial charge on any atom is 0.414 e. The van der Waals surface area contributed by atoms with Gasteiger partial charge in [-0.1, -0.05) is 53.7 Å². The summed E-state index contributed by atoms with van der Waals surface area (Å²) in [6.45, 7) is 2.74. The van der Waals surface area contributed by atoms with Gasteiger partial charge in [0.15, 0.2) is 0 Å². The van der Waals surface area contributed by atoms with Crippen LogP contribution in [0.15, 0.2) is 58.2 Å². The van der Waals surface area contributed by atoms with Gasteiger partial charge < -0.3 is 4.74 Å². The van der Waals surface area contributed by atoms with Crippen LogP contribution in [0.1, 0.15) is 35.2 Å². The number of piperidine rings is 1. The first-order valence-corrected chi connectivity index (χ1v) is 12.3. The number of para-hydroxylation sites is 1. The molecule has 1 aromatic heterocycles. The number of hydrogen-bond acceptors (Lipinski definition) is 7. The third-order valence-electron chi connectivity index (χ3n) is 6.22. The molecular weight excluding hydrogens is 444 g/mol. The Morgan fingerprint density at radius 2 is 1.79 bits per heavy atom. The molecule has 0 spiro atoms. The lowest BCUT2D eigenvalue weighted by Crippen LogP contribution is -2.50. The van der Waals surface area contributed by atoms with Gasteiger partial charge in [0.05, 0.1) is 5.69 Å². The number of aryl methyl sites for hydroxylation is 1. The molecule has 5 rings (SSSR count). The average Bonchev–Trinajstić information content (AvgIpc) is 3.29. The van der Waals surface area contributed by atoms with Gasteiger partial charge in [0.2, 0.25) is 5.03 Å². The Morgan fingerprint density at radius 3 is 2.55 bits per heavy atom. The van der Waals surface area contributed by atoms with Crippen LogP contribution in [0.4, 0.5) is 10.5 Å². The van der Waals surface area contributed by atoms with Crippen LogP contribution in [0.25, 0.3) is 0 Å². The quantitative estimate of drug-likeness (QED) is 0.566. The van der Waals surface area contributed by atoms with Crippen molar-refractivity contribution < 1.29 is 22.6 Å². The first-order chi connectivity index (χ1) is 15.9. The van der Waals surface area contributed by atoms with Crippen molar-refractivity contribution in [3.63, 3.8) is 0 Å². The number of carbonyl (C=O) groups excluding carboxylic acids is 1. The molecule has 1 amide bonds. The highest BCUT2D eigenvalue weighted by Crippen LogP contribution is 2.35. The van der Waals surface area contributed by atoms with Crippen molar-refractivity contribution in [2.24, 2.45) is 0 Å². The molecular formula is C23H24N4O5S. The fourth-order valence-electron chi connectivity index (χ4n) is 4.57. The second-order valence-corrected chi connectivity index (χ2v) is 10.2. The molecule has 0 unspecified atom stereocenters. The Labute approximate surface area is 192 Å². The lowest BCUT2D eigenvalue weighted by atomic mass is 10.00. The van der Waals surface area contributed by atoms with Gasteiger partial charge in [-0.25, -0.2) is 17.8 Å². The molecule has 10 heteroatoms. The van der Waals surface area contributed by atoms with E-state index in [1.54, 1.807) is 4.90 Å². The number of carbonyl (C=O) groups is 1. The van der Waals surface area contributed by atoms with E-state index in [-0.39, 0.29) is 42.6 Å². The Kier molecular flexibility index (Phi) is 5.63. The van der Waals surface area contributed by atoms with Crippen LogP contribution in [-0.2, 0) is 27.8 Å². The van der Waals surface area contributed by atoms with E-state index in [9.17, 15) is 13.2 Å². The summed E-state index contributed by atoms with van der Waals surface area (Å²) in [5.41, 5.74) is 4.04. The molecule has 33 heavy (non-hydrogen) atoms. The van der Waals surface area contributed by atoms with Gasteiger partial charge >= 0.3 is 6.09 Å². The molecule has 3 heterocycles. The number of ether oxygens (including phenoxy) is 1. The number of fused-ring (bicyclic) bond motifs is 1. The molecule has 0 aliphatic carbocycles. The molecule has 3 aromatic rings. The molecule has 0 saturated carbocycles. The lowest BCUT2D eigenvalue weighted by molar-refractivity contribution is 0.135. The van der Waals surface area contributed by atoms with E-state index in [1.807, 2.05) is 55.5 Å². The monoisotopic (exact) mass is 468 g/mol. The molecule has 2 aliphatic rings. The molecule has 0 N–H and O–H groups in total. The first-order valence-electron chi connectivity index (χ1n) is 10.8. The number of anilines is 1. The SMILES string of the molecule is Cc1cccc2c1N(C1CCN(S(=O)(=O)c3nonc3Cc3ccccc3)CC1)C(=O)OC2. The summed E-state index contributed by atoms with van der Waals surface area (Å²) < 4.78 is 38.2. The van der Waals surface area contributed by atoms with Crippen molar-refractivity contribution in [3.05, 3.63) is 70.9 Å². The third-order valence-corrected chi connectivity index (χ3v) is 8.06. The Bertz CT molecular complexity index is 1270. The van der Waals surface area contributed by atoms with E-state index >= 15 is 0 Å². The van der Waals surface area contributed by atoms with Crippen molar-refractivity contribution in [2.75, 3.05) is 18.0 Å². The highest BCUT2D eigenvalue weighted by molar-refractivity contribution is 7.89. The predicted molar refractivity (Wildman–Crippen MR) is 119 cm³/mol. The Morgan fingerprint density at radius 1 is 1.03 bits per heavy atom. The number of hydrogen-bond donors (Lipinski definition) is 0. The van der Waals surface area contributed by atoms with Gasteiger partial charge in [0.1, 0.15) is 12.3 Å². The summed E-state index contributed by atoms with van der Waals surface area (Å²) in [6, 6.07) is 15.2. The smallest absolute Gasteiger partial charge is 0.414 e. The standard InChI is InChI=1S/C23H24N4O5S/c1-16-6-5-9-18-15-31-23(28)27(21(16)18)19-10-12-26(13-11-19)33(29,30)22-20(24-32-25-22)14-17-7-3-2-4-8-17/h2-9,19H,10-15H2,1H3. The van der Waals surface area contributed by atoms with Crippen LogP contribution in [0.3, 0.4) is 0 Å². The number of aromatic nitrogens is 2. The normalized spacial score (nSPS) is 17.6. The number of cyclic esters (lactones) is 1. The molecule has 0 radical (unpaired) electrons. The van der Waals surface area contributed by atoms with Crippen LogP contribution in [0.2, 0.25) is 0 Å². The van der Waals surface area contributed by atoms with E-state index in [1.165, 1.54) is 4.31 Å². The van der Waals surface area contributed by atoms with E-state index in [0.717, 1.165) is 22.4 Å². The van der Waals surface area contributed by atoms with Gasteiger partial charge in [-0.15, -0.1) is 0 Å². The van der Waals surface area contributed by atoms with Crippen LogP contribution in [0, 0.1) is 6.92 Å². The lowest BCUT2D eigenvalue weighted by Gasteiger charge is -2.40. The number of amides is 1. The van der Waals surface area contributed by atoms with Crippen LogP contribution < -0.4 is 4.90 Å². The zero-order valence-corrected chi connectivity index (χ0v) is 19.0. The minimum atomic E-state index is -3.87. The number of rotatable bonds is 5. The Hall–Kier alpha value is -3.24. The maximum atomic E-state index is 13.3. The fourth-order valence-corrected chi connectivity index (χ4v) is 6.04. The summed E-state index contributed by atoms with van der Waals surface area (Å²) >= 11 is 0. The predicted octanol–water partition coefficient (Wildman–Crippen LogP) is 3.28. The average molecular weight is 469 g/mol. The number of sulfonamides is 1. The minimum absolute atomic E-state index is 0.150. The second-order valence-electron chi connectivity index (χ2n) is 8.32. The summed E-state index contributed by atoms with van der Waals surface area (Å²) in [6.07, 6.45) is 0.900. The number of nitrogens with zero attached hydrogens (tertiary/aromatic N) is 4. The van der Waals surface area contributed by atoms with Gasteiger partial charge in [0, 0.05) is 31.1 Å². The molecule has 1 fully saturated rings. The minimum Gasteiger partial charge on any atom is -0.444 e. The summed E-state index contributed by atoms with van der Waals surface area (Å²) in [7, 11) is -3.87. The zero-order valence-electron chi connectivity index (χ0n) is 18.2. The molecule has 0 bridgehead atoms. The van der Waals surface area contributed by atoms with Gasteiger partial charge in [-0.3, -0.25) is 4.90 Å². The van der Waals surface area contributed by atoms with Gasteiger partial charge in [-0.2, -0.15) is 4.31 Å². The zero-order chi connectivity index (χ0) is 23.0. The van der Waals surface area contributed by atoms with E-state index in [2.05, 4.69) is 10.3 Å². The highest BCUT2D eigenvalue weighted by Gasteiger charge is 2.39. The number of benzene rings is 2. The van der Waals surface area contributed by atoms with E-state index < -0.39 is 10.0 Å². The molecule has 1 saturated heterocycles. The van der Waals surface area contributed by atoms with E-state index in [0.29, 0.717) is 19.3 Å².